The third-order valence-corrected chi connectivity index (χ3v) is 3.95. The summed E-state index contributed by atoms with van der Waals surface area (Å²) in [6.45, 7) is 3.88. The fraction of sp³-hybridized carbons (Fsp3) is 0.214. The van der Waals surface area contributed by atoms with Gasteiger partial charge in [0.25, 0.3) is 0 Å². The lowest BCUT2D eigenvalue weighted by Crippen LogP contribution is -2.13. The lowest BCUT2D eigenvalue weighted by molar-refractivity contribution is 0.168. The summed E-state index contributed by atoms with van der Waals surface area (Å²) in [6.07, 6.45) is 2.84. The smallest absolute Gasteiger partial charge is 0.412 e. The molecule has 6 heteroatoms. The van der Waals surface area contributed by atoms with Crippen LogP contribution in [0, 0.1) is 18.3 Å². The Morgan fingerprint density at radius 2 is 2.20 bits per heavy atom. The molecule has 0 radical (unpaired) electrons. The zero-order chi connectivity index (χ0) is 14.5. The Balaban J connectivity index is 2.40. The molecule has 0 fully saturated rings. The van der Waals surface area contributed by atoms with E-state index < -0.39 is 6.09 Å². The summed E-state index contributed by atoms with van der Waals surface area (Å²) in [5, 5.41) is 12.4. The highest BCUT2D eigenvalue weighted by Crippen LogP contribution is 2.39. The molecule has 0 aliphatic rings. The van der Waals surface area contributed by atoms with Crippen molar-refractivity contribution in [1.82, 2.24) is 4.98 Å². The number of nitrogens with one attached hydrogen (secondary N) is 1. The number of amides is 1. The lowest BCUT2D eigenvalue weighted by atomic mass is 10.1. The normalized spacial score (nSPS) is 9.85. The molecule has 0 aliphatic carbocycles. The number of ether oxygens (including phenoxy) is 1. The minimum atomic E-state index is -0.550. The molecule has 5 nitrogen and oxygen atoms in total. The molecular weight excluding hydrogens is 274 g/mol. The molecule has 2 aromatic rings. The number of anilines is 1. The van der Waals surface area contributed by atoms with Gasteiger partial charge in [-0.2, -0.15) is 5.26 Å². The lowest BCUT2D eigenvalue weighted by Gasteiger charge is -2.02. The van der Waals surface area contributed by atoms with E-state index >= 15 is 0 Å². The summed E-state index contributed by atoms with van der Waals surface area (Å²) < 4.78 is 4.84. The number of thiophene rings is 1. The fourth-order valence-corrected chi connectivity index (χ4v) is 2.92. The molecule has 0 unspecified atom stereocenters. The zero-order valence-electron chi connectivity index (χ0n) is 11.1. The number of hydrogen-bond acceptors (Lipinski definition) is 5. The van der Waals surface area contributed by atoms with Gasteiger partial charge in [-0.05, 0) is 37.1 Å². The molecule has 0 atom stereocenters. The van der Waals surface area contributed by atoms with E-state index in [2.05, 4.69) is 16.4 Å². The van der Waals surface area contributed by atoms with Gasteiger partial charge in [0.05, 0.1) is 12.2 Å². The van der Waals surface area contributed by atoms with Crippen molar-refractivity contribution in [3.8, 4) is 16.5 Å². The SMILES string of the molecule is CCOC(=O)Nc1sc(-c2ccncc2)c(C)c1C#N. The highest BCUT2D eigenvalue weighted by atomic mass is 32.1. The molecule has 1 amide bonds. The van der Waals surface area contributed by atoms with Gasteiger partial charge in [0.2, 0.25) is 0 Å². The highest BCUT2D eigenvalue weighted by molar-refractivity contribution is 7.20. The van der Waals surface area contributed by atoms with Gasteiger partial charge in [-0.25, -0.2) is 4.79 Å². The van der Waals surface area contributed by atoms with Crippen molar-refractivity contribution >= 4 is 22.4 Å². The maximum atomic E-state index is 11.5. The highest BCUT2D eigenvalue weighted by Gasteiger charge is 2.18. The van der Waals surface area contributed by atoms with E-state index in [0.717, 1.165) is 16.0 Å². The first kappa shape index (κ1) is 14.0. The Morgan fingerprint density at radius 1 is 1.50 bits per heavy atom. The van der Waals surface area contributed by atoms with Gasteiger partial charge in [-0.15, -0.1) is 11.3 Å². The number of aromatic nitrogens is 1. The van der Waals surface area contributed by atoms with E-state index in [0.29, 0.717) is 10.6 Å². The van der Waals surface area contributed by atoms with E-state index in [1.807, 2.05) is 19.1 Å². The number of nitrogens with zero attached hydrogens (tertiary/aromatic N) is 2. The second-order valence-electron chi connectivity index (χ2n) is 3.95. The minimum absolute atomic E-state index is 0.287. The zero-order valence-corrected chi connectivity index (χ0v) is 12.0. The van der Waals surface area contributed by atoms with E-state index in [9.17, 15) is 10.1 Å². The average Bonchev–Trinajstić information content (AvgIpc) is 2.76. The molecule has 102 valence electrons. The number of carbonyl (C=O) groups is 1. The van der Waals surface area contributed by atoms with Crippen molar-refractivity contribution in [2.24, 2.45) is 0 Å². The Hall–Kier alpha value is -2.39. The summed E-state index contributed by atoms with van der Waals surface area (Å²) in [5.41, 5.74) is 2.28. The molecule has 0 saturated carbocycles. The predicted octanol–water partition coefficient (Wildman–Crippen LogP) is 3.56. The van der Waals surface area contributed by atoms with Crippen LogP contribution in [0.2, 0.25) is 0 Å². The molecule has 1 N–H and O–H groups in total. The average molecular weight is 287 g/mol. The van der Waals surface area contributed by atoms with E-state index in [4.69, 9.17) is 4.74 Å². The molecule has 20 heavy (non-hydrogen) atoms. The van der Waals surface area contributed by atoms with Crippen molar-refractivity contribution in [3.63, 3.8) is 0 Å². The Morgan fingerprint density at radius 3 is 2.80 bits per heavy atom. The van der Waals surface area contributed by atoms with E-state index in [1.54, 1.807) is 19.3 Å². The summed E-state index contributed by atoms with van der Waals surface area (Å²) in [5.74, 6) is 0. The van der Waals surface area contributed by atoms with Crippen molar-refractivity contribution in [3.05, 3.63) is 35.7 Å². The summed E-state index contributed by atoms with van der Waals surface area (Å²) in [7, 11) is 0. The van der Waals surface area contributed by atoms with Crippen LogP contribution in [0.3, 0.4) is 0 Å². The van der Waals surface area contributed by atoms with Gasteiger partial charge in [-0.3, -0.25) is 10.3 Å². The molecule has 2 rings (SSSR count). The van der Waals surface area contributed by atoms with E-state index in [-0.39, 0.29) is 6.61 Å². The van der Waals surface area contributed by atoms with Crippen LogP contribution in [-0.2, 0) is 4.74 Å². The molecule has 0 saturated heterocycles. The summed E-state index contributed by atoms with van der Waals surface area (Å²) in [6, 6.07) is 5.86. The van der Waals surface area contributed by atoms with E-state index in [1.165, 1.54) is 11.3 Å². The molecule has 0 aliphatic heterocycles. The quantitative estimate of drug-likeness (QED) is 0.936. The number of rotatable bonds is 3. The Bertz CT molecular complexity index is 659. The maximum absolute atomic E-state index is 11.5. The minimum Gasteiger partial charge on any atom is -0.450 e. The maximum Gasteiger partial charge on any atom is 0.412 e. The van der Waals surface area contributed by atoms with Crippen LogP contribution in [0.25, 0.3) is 10.4 Å². The predicted molar refractivity (Wildman–Crippen MR) is 77.6 cm³/mol. The first-order valence-corrected chi connectivity index (χ1v) is 6.86. The molecule has 2 heterocycles. The Kier molecular flexibility index (Phi) is 4.33. The van der Waals surface area contributed by atoms with Crippen molar-refractivity contribution < 1.29 is 9.53 Å². The first-order chi connectivity index (χ1) is 9.67. The van der Waals surface area contributed by atoms with Gasteiger partial charge < -0.3 is 4.74 Å². The Labute approximate surface area is 120 Å². The van der Waals surface area contributed by atoms with Crippen LogP contribution in [0.5, 0.6) is 0 Å². The molecule has 0 bridgehead atoms. The first-order valence-electron chi connectivity index (χ1n) is 6.05. The largest absolute Gasteiger partial charge is 0.450 e. The number of pyridine rings is 1. The van der Waals surface area contributed by atoms with Crippen LogP contribution >= 0.6 is 11.3 Å². The third-order valence-electron chi connectivity index (χ3n) is 2.69. The van der Waals surface area contributed by atoms with Gasteiger partial charge in [-0.1, -0.05) is 0 Å². The van der Waals surface area contributed by atoms with Crippen LogP contribution in [0.15, 0.2) is 24.5 Å². The van der Waals surface area contributed by atoms with Gasteiger partial charge in [0.1, 0.15) is 11.1 Å². The summed E-state index contributed by atoms with van der Waals surface area (Å²) in [4.78, 5) is 16.4. The molecule has 2 aromatic heterocycles. The topological polar surface area (TPSA) is 75.0 Å². The molecule has 0 aromatic carbocycles. The number of nitriles is 1. The summed E-state index contributed by atoms with van der Waals surface area (Å²) >= 11 is 1.36. The van der Waals surface area contributed by atoms with Crippen molar-refractivity contribution in [1.29, 1.82) is 5.26 Å². The number of hydrogen-bond donors (Lipinski definition) is 1. The standard InChI is InChI=1S/C14H13N3O2S/c1-3-19-14(18)17-13-11(8-15)9(2)12(20-13)10-4-6-16-7-5-10/h4-7H,3H2,1-2H3,(H,17,18). The van der Waals surface area contributed by atoms with Crippen LogP contribution in [-0.4, -0.2) is 17.7 Å². The van der Waals surface area contributed by atoms with Gasteiger partial charge >= 0.3 is 6.09 Å². The molecular formula is C14H13N3O2S. The number of carbonyl (C=O) groups excluding carboxylic acids is 1. The molecule has 0 spiro atoms. The second kappa shape index (κ2) is 6.17. The van der Waals surface area contributed by atoms with Crippen LogP contribution in [0.1, 0.15) is 18.1 Å². The van der Waals surface area contributed by atoms with Gasteiger partial charge in [0, 0.05) is 17.3 Å². The van der Waals surface area contributed by atoms with Crippen LogP contribution < -0.4 is 5.32 Å². The third kappa shape index (κ3) is 2.78. The van der Waals surface area contributed by atoms with Crippen molar-refractivity contribution in [2.45, 2.75) is 13.8 Å². The van der Waals surface area contributed by atoms with Crippen molar-refractivity contribution in [2.75, 3.05) is 11.9 Å². The fourth-order valence-electron chi connectivity index (χ4n) is 1.77. The monoisotopic (exact) mass is 287 g/mol. The second-order valence-corrected chi connectivity index (χ2v) is 4.97. The van der Waals surface area contributed by atoms with Crippen LogP contribution in [0.4, 0.5) is 9.80 Å². The van der Waals surface area contributed by atoms with Gasteiger partial charge in [0.15, 0.2) is 0 Å².